The van der Waals surface area contributed by atoms with Crippen LogP contribution in [0.5, 0.6) is 0 Å². The third-order valence-electron chi connectivity index (χ3n) is 6.30. The summed E-state index contributed by atoms with van der Waals surface area (Å²) >= 11 is 1.57. The molecule has 0 saturated heterocycles. The van der Waals surface area contributed by atoms with Gasteiger partial charge >= 0.3 is 0 Å². The molecule has 0 spiro atoms. The fourth-order valence-corrected chi connectivity index (χ4v) is 4.66. The van der Waals surface area contributed by atoms with E-state index in [0.717, 1.165) is 88.0 Å². The summed E-state index contributed by atoms with van der Waals surface area (Å²) in [6, 6.07) is 7.85. The summed E-state index contributed by atoms with van der Waals surface area (Å²) in [6.45, 7) is 16.4. The average Bonchev–Trinajstić information content (AvgIpc) is 2.82. The molecule has 0 N–H and O–H groups in total. The minimum Gasteiger partial charge on any atom is -0.342 e. The quantitative estimate of drug-likeness (QED) is 0.168. The van der Waals surface area contributed by atoms with Gasteiger partial charge in [0.25, 0.3) is 0 Å². The molecule has 0 bridgehead atoms. The van der Waals surface area contributed by atoms with Gasteiger partial charge in [-0.1, -0.05) is 65.5 Å². The molecular weight excluding hydrogens is 428 g/mol. The fraction of sp³-hybridized carbons (Fsp3) is 0.714. The van der Waals surface area contributed by atoms with Crippen molar-refractivity contribution < 1.29 is 9.59 Å². The highest BCUT2D eigenvalue weighted by atomic mass is 32.2. The highest BCUT2D eigenvalue weighted by molar-refractivity contribution is 8.00. The van der Waals surface area contributed by atoms with Crippen molar-refractivity contribution in [2.24, 2.45) is 0 Å². The Balaban J connectivity index is 2.78. The molecule has 1 aromatic carbocycles. The first-order valence-corrected chi connectivity index (χ1v) is 14.1. The highest BCUT2D eigenvalue weighted by Crippen LogP contribution is 2.25. The largest absolute Gasteiger partial charge is 0.342 e. The molecule has 33 heavy (non-hydrogen) atoms. The normalized spacial score (nSPS) is 11.7. The topological polar surface area (TPSA) is 40.6 Å². The number of ketones is 1. The van der Waals surface area contributed by atoms with Crippen LogP contribution in [0.2, 0.25) is 0 Å². The Morgan fingerprint density at radius 2 is 1.21 bits per heavy atom. The van der Waals surface area contributed by atoms with Gasteiger partial charge in [0.2, 0.25) is 5.91 Å². The second-order valence-electron chi connectivity index (χ2n) is 9.48. The number of carbonyl (C=O) groups excluding carboxylic acids is 2. The van der Waals surface area contributed by atoms with E-state index in [1.807, 2.05) is 29.2 Å². The summed E-state index contributed by atoms with van der Waals surface area (Å²) in [6.07, 6.45) is 8.79. The van der Waals surface area contributed by atoms with E-state index in [0.29, 0.717) is 5.75 Å². The predicted molar refractivity (Wildman–Crippen MR) is 143 cm³/mol. The molecule has 0 fully saturated rings. The van der Waals surface area contributed by atoms with Crippen LogP contribution in [0.3, 0.4) is 0 Å². The SMILES string of the molecule is CCCCN(CCCC)C(=O)CSc1ccc(C(=O)C(C)(C)N(CCCC)CCCC)cc1. The van der Waals surface area contributed by atoms with E-state index in [1.165, 1.54) is 0 Å². The van der Waals surface area contributed by atoms with Crippen molar-refractivity contribution in [1.29, 1.82) is 0 Å². The van der Waals surface area contributed by atoms with E-state index in [4.69, 9.17) is 0 Å². The summed E-state index contributed by atoms with van der Waals surface area (Å²) in [5.41, 5.74) is 0.231. The van der Waals surface area contributed by atoms with Gasteiger partial charge in [-0.05, 0) is 64.8 Å². The Hall–Kier alpha value is -1.33. The maximum Gasteiger partial charge on any atom is 0.232 e. The van der Waals surface area contributed by atoms with Crippen LogP contribution in [0, 0.1) is 0 Å². The van der Waals surface area contributed by atoms with E-state index in [1.54, 1.807) is 11.8 Å². The summed E-state index contributed by atoms with van der Waals surface area (Å²) < 4.78 is 0. The summed E-state index contributed by atoms with van der Waals surface area (Å²) in [4.78, 5) is 31.5. The Morgan fingerprint density at radius 1 is 0.758 bits per heavy atom. The van der Waals surface area contributed by atoms with Gasteiger partial charge < -0.3 is 4.90 Å². The maximum absolute atomic E-state index is 13.4. The molecule has 0 atom stereocenters. The van der Waals surface area contributed by atoms with E-state index < -0.39 is 5.54 Å². The van der Waals surface area contributed by atoms with Crippen molar-refractivity contribution in [1.82, 2.24) is 9.80 Å². The number of nitrogens with zero attached hydrogens (tertiary/aromatic N) is 2. The van der Waals surface area contributed by atoms with Crippen molar-refractivity contribution in [3.63, 3.8) is 0 Å². The zero-order chi connectivity index (χ0) is 24.7. The Bertz CT molecular complexity index is 672. The molecule has 4 nitrogen and oxygen atoms in total. The molecule has 0 aliphatic heterocycles. The number of unbranched alkanes of at least 4 members (excludes halogenated alkanes) is 4. The average molecular weight is 477 g/mol. The molecule has 5 heteroatoms. The van der Waals surface area contributed by atoms with Crippen molar-refractivity contribution >= 4 is 23.5 Å². The lowest BCUT2D eigenvalue weighted by molar-refractivity contribution is -0.128. The number of thioether (sulfide) groups is 1. The van der Waals surface area contributed by atoms with Crippen LogP contribution in [0.15, 0.2) is 29.2 Å². The third-order valence-corrected chi connectivity index (χ3v) is 7.30. The monoisotopic (exact) mass is 476 g/mol. The second-order valence-corrected chi connectivity index (χ2v) is 10.5. The molecule has 0 radical (unpaired) electrons. The van der Waals surface area contributed by atoms with Crippen LogP contribution in [0.25, 0.3) is 0 Å². The summed E-state index contributed by atoms with van der Waals surface area (Å²) in [5.74, 6) is 0.840. The zero-order valence-electron chi connectivity index (χ0n) is 22.1. The van der Waals surface area contributed by atoms with E-state index in [-0.39, 0.29) is 11.7 Å². The lowest BCUT2D eigenvalue weighted by atomic mass is 9.90. The molecule has 0 aromatic heterocycles. The van der Waals surface area contributed by atoms with Gasteiger partial charge in [-0.25, -0.2) is 0 Å². The number of amides is 1. The molecule has 188 valence electrons. The van der Waals surface area contributed by atoms with Crippen LogP contribution >= 0.6 is 11.8 Å². The van der Waals surface area contributed by atoms with Crippen molar-refractivity contribution in [3.05, 3.63) is 29.8 Å². The predicted octanol–water partition coefficient (Wildman–Crippen LogP) is 7.07. The zero-order valence-corrected chi connectivity index (χ0v) is 22.9. The Kier molecular flexibility index (Phi) is 14.7. The van der Waals surface area contributed by atoms with Gasteiger partial charge in [0, 0.05) is 23.5 Å². The van der Waals surface area contributed by atoms with Gasteiger partial charge in [0.1, 0.15) is 0 Å². The summed E-state index contributed by atoms with van der Waals surface area (Å²) in [5, 5.41) is 0. The van der Waals surface area contributed by atoms with Gasteiger partial charge in [-0.2, -0.15) is 0 Å². The van der Waals surface area contributed by atoms with Gasteiger partial charge in [0.05, 0.1) is 11.3 Å². The van der Waals surface area contributed by atoms with Crippen molar-refractivity contribution in [3.8, 4) is 0 Å². The van der Waals surface area contributed by atoms with Gasteiger partial charge in [-0.3, -0.25) is 14.5 Å². The van der Waals surface area contributed by atoms with E-state index in [2.05, 4.69) is 46.4 Å². The first-order chi connectivity index (χ1) is 15.8. The van der Waals surface area contributed by atoms with Crippen LogP contribution in [0.1, 0.15) is 103 Å². The van der Waals surface area contributed by atoms with Crippen LogP contribution < -0.4 is 0 Å². The Labute approximate surface area is 207 Å². The number of carbonyl (C=O) groups is 2. The van der Waals surface area contributed by atoms with Crippen molar-refractivity contribution in [2.75, 3.05) is 31.9 Å². The smallest absolute Gasteiger partial charge is 0.232 e. The molecule has 1 amide bonds. The number of benzene rings is 1. The molecular formula is C28H48N2O2S. The van der Waals surface area contributed by atoms with E-state index in [9.17, 15) is 9.59 Å². The number of rotatable bonds is 18. The van der Waals surface area contributed by atoms with Gasteiger partial charge in [0.15, 0.2) is 5.78 Å². The van der Waals surface area contributed by atoms with Crippen LogP contribution in [-0.4, -0.2) is 59.0 Å². The molecule has 0 heterocycles. The third kappa shape index (κ3) is 10.2. The molecule has 1 aromatic rings. The standard InChI is InChI=1S/C28H48N2O2S/c1-7-11-19-29(20-12-8-2)26(31)23-33-25-17-15-24(16-18-25)27(32)28(5,6)30(21-13-9-3)22-14-10-4/h15-18H,7-14,19-23H2,1-6H3. The number of hydrogen-bond donors (Lipinski definition) is 0. The van der Waals surface area contributed by atoms with Gasteiger partial charge in [-0.15, -0.1) is 11.8 Å². The lowest BCUT2D eigenvalue weighted by Gasteiger charge is -2.37. The minimum atomic E-state index is -0.520. The lowest BCUT2D eigenvalue weighted by Crippen LogP contribution is -2.50. The van der Waals surface area contributed by atoms with Crippen LogP contribution in [-0.2, 0) is 4.79 Å². The Morgan fingerprint density at radius 3 is 1.67 bits per heavy atom. The molecule has 0 saturated carbocycles. The van der Waals surface area contributed by atoms with E-state index >= 15 is 0 Å². The minimum absolute atomic E-state index is 0.174. The first-order valence-electron chi connectivity index (χ1n) is 13.1. The maximum atomic E-state index is 13.4. The van der Waals surface area contributed by atoms with Crippen LogP contribution in [0.4, 0.5) is 0 Å². The fourth-order valence-electron chi connectivity index (χ4n) is 3.86. The molecule has 0 aliphatic carbocycles. The summed E-state index contributed by atoms with van der Waals surface area (Å²) in [7, 11) is 0. The second kappa shape index (κ2) is 16.3. The van der Waals surface area contributed by atoms with Crippen molar-refractivity contribution in [2.45, 2.75) is 103 Å². The number of Topliss-reactive ketones (excluding diaryl/α,β-unsaturated/α-hetero) is 1. The molecule has 0 aliphatic rings. The number of hydrogen-bond acceptors (Lipinski definition) is 4. The first kappa shape index (κ1) is 29.7. The molecule has 0 unspecified atom stereocenters. The highest BCUT2D eigenvalue weighted by Gasteiger charge is 2.34. The molecule has 1 rings (SSSR count).